The second kappa shape index (κ2) is 10.0. The van der Waals surface area contributed by atoms with E-state index in [-0.39, 0.29) is 28.6 Å². The van der Waals surface area contributed by atoms with Crippen LogP contribution < -0.4 is 10.1 Å². The summed E-state index contributed by atoms with van der Waals surface area (Å²) in [5.74, 6) is -0.0787. The second-order valence-corrected chi connectivity index (χ2v) is 10.6. The van der Waals surface area contributed by atoms with E-state index in [4.69, 9.17) is 4.74 Å². The maximum atomic E-state index is 13.3. The lowest BCUT2D eigenvalue weighted by molar-refractivity contribution is 0.0899. The molecule has 0 aliphatic heterocycles. The van der Waals surface area contributed by atoms with Crippen LogP contribution in [0.15, 0.2) is 53.4 Å². The van der Waals surface area contributed by atoms with Crippen LogP contribution in [0.25, 0.3) is 0 Å². The van der Waals surface area contributed by atoms with Crippen molar-refractivity contribution in [2.45, 2.75) is 42.7 Å². The topological polar surface area (TPSA) is 79.0 Å². The van der Waals surface area contributed by atoms with Gasteiger partial charge in [0.15, 0.2) is 0 Å². The standard InChI is InChI=1S/C24H33N3O4S/c1-26(2)24(14-8-9-15-24)18-25-23(28)20-12-13-21(31-4)22(16-20)32(29,30)27(3)17-19-10-6-5-7-11-19/h5-7,10-13,16H,8-9,14-15,17-18H2,1-4H3,(H,25,28). The Bertz CT molecular complexity index is 1030. The zero-order valence-electron chi connectivity index (χ0n) is 19.3. The number of hydrogen-bond acceptors (Lipinski definition) is 5. The molecule has 0 atom stereocenters. The summed E-state index contributed by atoms with van der Waals surface area (Å²) in [6, 6.07) is 13.9. The van der Waals surface area contributed by atoms with E-state index in [1.165, 1.54) is 30.6 Å². The summed E-state index contributed by atoms with van der Waals surface area (Å²) in [5.41, 5.74) is 1.12. The lowest BCUT2D eigenvalue weighted by Crippen LogP contribution is -2.50. The number of nitrogens with one attached hydrogen (secondary N) is 1. The number of rotatable bonds is 9. The minimum absolute atomic E-state index is 0.0192. The van der Waals surface area contributed by atoms with Crippen molar-refractivity contribution in [3.8, 4) is 5.75 Å². The first-order valence-electron chi connectivity index (χ1n) is 10.8. The molecule has 1 aliphatic rings. The molecule has 1 saturated carbocycles. The minimum atomic E-state index is -3.87. The van der Waals surface area contributed by atoms with Gasteiger partial charge in [-0.1, -0.05) is 43.2 Å². The Balaban J connectivity index is 1.82. The number of carbonyl (C=O) groups excluding carboxylic acids is 1. The highest BCUT2D eigenvalue weighted by atomic mass is 32.2. The summed E-state index contributed by atoms with van der Waals surface area (Å²) in [5, 5.41) is 3.02. The molecule has 1 aliphatic carbocycles. The van der Waals surface area contributed by atoms with Crippen LogP contribution in [0, 0.1) is 0 Å². The van der Waals surface area contributed by atoms with E-state index in [2.05, 4.69) is 10.2 Å². The van der Waals surface area contributed by atoms with Gasteiger partial charge < -0.3 is 15.0 Å². The Morgan fingerprint density at radius 1 is 1.06 bits per heavy atom. The molecule has 0 unspecified atom stereocenters. The van der Waals surface area contributed by atoms with Gasteiger partial charge in [-0.3, -0.25) is 4.79 Å². The molecular formula is C24H33N3O4S. The summed E-state index contributed by atoms with van der Waals surface area (Å²) >= 11 is 0. The molecule has 1 N–H and O–H groups in total. The van der Waals surface area contributed by atoms with Crippen LogP contribution >= 0.6 is 0 Å². The van der Waals surface area contributed by atoms with Gasteiger partial charge in [0.05, 0.1) is 7.11 Å². The number of amides is 1. The number of sulfonamides is 1. The Labute approximate surface area is 191 Å². The second-order valence-electron chi connectivity index (χ2n) is 8.62. The van der Waals surface area contributed by atoms with Crippen molar-refractivity contribution in [3.05, 3.63) is 59.7 Å². The maximum absolute atomic E-state index is 13.3. The molecule has 2 aromatic rings. The van der Waals surface area contributed by atoms with Crippen molar-refractivity contribution in [2.75, 3.05) is 34.8 Å². The van der Waals surface area contributed by atoms with Gasteiger partial charge in [0.25, 0.3) is 5.91 Å². The zero-order valence-corrected chi connectivity index (χ0v) is 20.1. The number of likely N-dealkylation sites (N-methyl/N-ethyl adjacent to an activating group) is 1. The summed E-state index contributed by atoms with van der Waals surface area (Å²) in [7, 11) is 3.15. The van der Waals surface area contributed by atoms with E-state index in [0.717, 1.165) is 31.2 Å². The van der Waals surface area contributed by atoms with Crippen LogP contribution in [0.5, 0.6) is 5.75 Å². The Morgan fingerprint density at radius 3 is 2.31 bits per heavy atom. The third-order valence-electron chi connectivity index (χ3n) is 6.42. The highest BCUT2D eigenvalue weighted by Gasteiger charge is 2.36. The van der Waals surface area contributed by atoms with Gasteiger partial charge in [0.1, 0.15) is 10.6 Å². The summed E-state index contributed by atoms with van der Waals surface area (Å²) in [6.07, 6.45) is 4.36. The first-order chi connectivity index (χ1) is 15.2. The third kappa shape index (κ3) is 5.14. The number of methoxy groups -OCH3 is 1. The molecule has 174 valence electrons. The van der Waals surface area contributed by atoms with E-state index in [0.29, 0.717) is 12.1 Å². The highest BCUT2D eigenvalue weighted by molar-refractivity contribution is 7.89. The lowest BCUT2D eigenvalue weighted by atomic mass is 9.96. The molecule has 1 fully saturated rings. The number of carbonyl (C=O) groups is 1. The van der Waals surface area contributed by atoms with Crippen LogP contribution in [0.1, 0.15) is 41.6 Å². The Kier molecular flexibility index (Phi) is 7.59. The predicted octanol–water partition coefficient (Wildman–Crippen LogP) is 3.12. The predicted molar refractivity (Wildman–Crippen MR) is 125 cm³/mol. The first kappa shape index (κ1) is 24.2. The van der Waals surface area contributed by atoms with E-state index in [1.807, 2.05) is 44.4 Å². The average Bonchev–Trinajstić information content (AvgIpc) is 3.28. The van der Waals surface area contributed by atoms with Crippen LogP contribution in [0.4, 0.5) is 0 Å². The fraction of sp³-hybridized carbons (Fsp3) is 0.458. The molecule has 2 aromatic carbocycles. The number of hydrogen-bond donors (Lipinski definition) is 1. The third-order valence-corrected chi connectivity index (χ3v) is 8.25. The number of benzene rings is 2. The SMILES string of the molecule is COc1ccc(C(=O)NCC2(N(C)C)CCCC2)cc1S(=O)(=O)N(C)Cc1ccccc1. The molecule has 0 heterocycles. The fourth-order valence-electron chi connectivity index (χ4n) is 4.28. The van der Waals surface area contributed by atoms with Gasteiger partial charge in [0.2, 0.25) is 10.0 Å². The van der Waals surface area contributed by atoms with E-state index in [9.17, 15) is 13.2 Å². The molecule has 3 rings (SSSR count). The van der Waals surface area contributed by atoms with Crippen molar-refractivity contribution in [3.63, 3.8) is 0 Å². The van der Waals surface area contributed by atoms with E-state index < -0.39 is 10.0 Å². The van der Waals surface area contributed by atoms with E-state index >= 15 is 0 Å². The number of nitrogens with zero attached hydrogens (tertiary/aromatic N) is 2. The van der Waals surface area contributed by atoms with Gasteiger partial charge >= 0.3 is 0 Å². The number of ether oxygens (including phenoxy) is 1. The molecule has 1 amide bonds. The van der Waals surface area contributed by atoms with Crippen molar-refractivity contribution >= 4 is 15.9 Å². The monoisotopic (exact) mass is 459 g/mol. The molecular weight excluding hydrogens is 426 g/mol. The quantitative estimate of drug-likeness (QED) is 0.623. The summed E-state index contributed by atoms with van der Waals surface area (Å²) in [4.78, 5) is 15.1. The summed E-state index contributed by atoms with van der Waals surface area (Å²) in [6.45, 7) is 0.745. The molecule has 0 saturated heterocycles. The zero-order chi connectivity index (χ0) is 23.4. The molecule has 0 radical (unpaired) electrons. The molecule has 0 aromatic heterocycles. The van der Waals surface area contributed by atoms with Crippen LogP contribution in [-0.2, 0) is 16.6 Å². The van der Waals surface area contributed by atoms with Gasteiger partial charge in [-0.25, -0.2) is 8.42 Å². The van der Waals surface area contributed by atoms with Crippen LogP contribution in [0.2, 0.25) is 0 Å². The lowest BCUT2D eigenvalue weighted by Gasteiger charge is -2.36. The first-order valence-corrected chi connectivity index (χ1v) is 12.3. The van der Waals surface area contributed by atoms with Crippen molar-refractivity contribution in [1.29, 1.82) is 0 Å². The van der Waals surface area contributed by atoms with Crippen molar-refractivity contribution in [2.24, 2.45) is 0 Å². The highest BCUT2D eigenvalue weighted by Crippen LogP contribution is 2.33. The smallest absolute Gasteiger partial charge is 0.251 e. The molecule has 7 nitrogen and oxygen atoms in total. The van der Waals surface area contributed by atoms with Gasteiger partial charge in [-0.15, -0.1) is 0 Å². The average molecular weight is 460 g/mol. The van der Waals surface area contributed by atoms with Crippen LogP contribution in [0.3, 0.4) is 0 Å². The fourth-order valence-corrected chi connectivity index (χ4v) is 5.61. The largest absolute Gasteiger partial charge is 0.495 e. The van der Waals surface area contributed by atoms with Crippen molar-refractivity contribution < 1.29 is 17.9 Å². The van der Waals surface area contributed by atoms with E-state index in [1.54, 1.807) is 6.07 Å². The Morgan fingerprint density at radius 2 is 1.72 bits per heavy atom. The van der Waals surface area contributed by atoms with Gasteiger partial charge in [-0.05, 0) is 50.7 Å². The minimum Gasteiger partial charge on any atom is -0.495 e. The van der Waals surface area contributed by atoms with Gasteiger partial charge in [0, 0.05) is 31.2 Å². The van der Waals surface area contributed by atoms with Gasteiger partial charge in [-0.2, -0.15) is 4.31 Å². The van der Waals surface area contributed by atoms with Crippen LogP contribution in [-0.4, -0.2) is 63.9 Å². The Hall–Kier alpha value is -2.42. The maximum Gasteiger partial charge on any atom is 0.251 e. The molecule has 32 heavy (non-hydrogen) atoms. The molecule has 0 bridgehead atoms. The normalized spacial score (nSPS) is 15.8. The molecule has 8 heteroatoms. The molecule has 0 spiro atoms. The summed E-state index contributed by atoms with van der Waals surface area (Å²) < 4.78 is 33.2. The van der Waals surface area contributed by atoms with Crippen molar-refractivity contribution in [1.82, 2.24) is 14.5 Å².